The van der Waals surface area contributed by atoms with Gasteiger partial charge in [0, 0.05) is 0 Å². The lowest BCUT2D eigenvalue weighted by molar-refractivity contribution is 0.275. The van der Waals surface area contributed by atoms with Gasteiger partial charge < -0.3 is 5.11 Å². The van der Waals surface area contributed by atoms with Crippen LogP contribution in [0.15, 0.2) is 36.5 Å². The Labute approximate surface area is 81.8 Å². The van der Waals surface area contributed by atoms with Crippen LogP contribution >= 0.6 is 0 Å². The molecule has 14 heavy (non-hydrogen) atoms. The normalized spacial score (nSPS) is 10.4. The van der Waals surface area contributed by atoms with Crippen LogP contribution in [0.1, 0.15) is 11.3 Å². The zero-order valence-corrected chi connectivity index (χ0v) is 7.67. The number of aliphatic hydroxyl groups is 1. The number of aliphatic hydroxyl groups excluding tert-OH is 1. The number of hydrogen-bond donors (Lipinski definition) is 1. The van der Waals surface area contributed by atoms with E-state index in [0.717, 1.165) is 5.56 Å². The van der Waals surface area contributed by atoms with Gasteiger partial charge in [-0.1, -0.05) is 30.3 Å². The molecule has 0 aliphatic carbocycles. The van der Waals surface area contributed by atoms with E-state index < -0.39 is 0 Å². The van der Waals surface area contributed by atoms with E-state index in [-0.39, 0.29) is 6.61 Å². The van der Waals surface area contributed by atoms with Gasteiger partial charge in [0.1, 0.15) is 5.69 Å². The van der Waals surface area contributed by atoms with Crippen LogP contribution in [0.3, 0.4) is 0 Å². The van der Waals surface area contributed by atoms with E-state index in [1.54, 1.807) is 11.0 Å². The second-order valence-electron chi connectivity index (χ2n) is 3.01. The van der Waals surface area contributed by atoms with Gasteiger partial charge in [-0.15, -0.1) is 0 Å². The summed E-state index contributed by atoms with van der Waals surface area (Å²) in [5.74, 6) is 0. The topological polar surface area (TPSA) is 50.9 Å². The van der Waals surface area contributed by atoms with Gasteiger partial charge in [-0.05, 0) is 5.56 Å². The predicted octanol–water partition coefficient (Wildman–Crippen LogP) is 0.819. The van der Waals surface area contributed by atoms with Crippen molar-refractivity contribution in [1.82, 2.24) is 15.0 Å². The molecule has 0 aliphatic rings. The molecule has 2 rings (SSSR count). The summed E-state index contributed by atoms with van der Waals surface area (Å²) in [6.07, 6.45) is 1.57. The highest BCUT2D eigenvalue weighted by Crippen LogP contribution is 2.00. The largest absolute Gasteiger partial charge is 0.390 e. The summed E-state index contributed by atoms with van der Waals surface area (Å²) in [6.45, 7) is 0.579. The Hall–Kier alpha value is -1.68. The average molecular weight is 189 g/mol. The molecule has 0 bridgehead atoms. The fourth-order valence-electron chi connectivity index (χ4n) is 1.23. The fraction of sp³-hybridized carbons (Fsp3) is 0.200. The molecule has 0 aliphatic heterocycles. The van der Waals surface area contributed by atoms with Crippen molar-refractivity contribution in [3.8, 4) is 0 Å². The Bertz CT molecular complexity index is 397. The maximum atomic E-state index is 8.80. The summed E-state index contributed by atoms with van der Waals surface area (Å²) in [5.41, 5.74) is 1.74. The molecule has 1 N–H and O–H groups in total. The number of benzene rings is 1. The van der Waals surface area contributed by atoms with Crippen LogP contribution in [0.5, 0.6) is 0 Å². The van der Waals surface area contributed by atoms with E-state index in [0.29, 0.717) is 12.2 Å². The minimum Gasteiger partial charge on any atom is -0.390 e. The minimum atomic E-state index is -0.0607. The fourth-order valence-corrected chi connectivity index (χ4v) is 1.23. The molecule has 0 fully saturated rings. The Morgan fingerprint density at radius 1 is 1.21 bits per heavy atom. The highest BCUT2D eigenvalue weighted by molar-refractivity contribution is 5.14. The van der Waals surface area contributed by atoms with Gasteiger partial charge in [-0.2, -0.15) is 15.0 Å². The van der Waals surface area contributed by atoms with Crippen molar-refractivity contribution in [1.29, 1.82) is 0 Å². The lowest BCUT2D eigenvalue weighted by Crippen LogP contribution is -2.03. The summed E-state index contributed by atoms with van der Waals surface area (Å²) in [7, 11) is 0. The van der Waals surface area contributed by atoms with Crippen LogP contribution in [0.2, 0.25) is 0 Å². The Morgan fingerprint density at radius 2 is 2.00 bits per heavy atom. The van der Waals surface area contributed by atoms with E-state index in [1.807, 2.05) is 30.3 Å². The van der Waals surface area contributed by atoms with E-state index >= 15 is 0 Å². The summed E-state index contributed by atoms with van der Waals surface area (Å²) >= 11 is 0. The standard InChI is InChI=1S/C10H11N3O/c14-8-10-6-11-13(12-10)7-9-4-2-1-3-5-9/h1-6,14H,7-8H2. The lowest BCUT2D eigenvalue weighted by Gasteiger charge is -1.98. The van der Waals surface area contributed by atoms with Crippen LogP contribution < -0.4 is 0 Å². The van der Waals surface area contributed by atoms with Gasteiger partial charge >= 0.3 is 0 Å². The van der Waals surface area contributed by atoms with Gasteiger partial charge in [-0.25, -0.2) is 0 Å². The summed E-state index contributed by atoms with van der Waals surface area (Å²) in [4.78, 5) is 1.57. The van der Waals surface area contributed by atoms with Crippen molar-refractivity contribution in [2.45, 2.75) is 13.2 Å². The first-order chi connectivity index (χ1) is 6.88. The predicted molar refractivity (Wildman–Crippen MR) is 51.5 cm³/mol. The molecule has 0 spiro atoms. The van der Waals surface area contributed by atoms with E-state index in [9.17, 15) is 0 Å². The number of rotatable bonds is 3. The summed E-state index contributed by atoms with van der Waals surface area (Å²) < 4.78 is 0. The molecule has 72 valence electrons. The summed E-state index contributed by atoms with van der Waals surface area (Å²) in [5, 5.41) is 16.9. The molecule has 1 aromatic carbocycles. The zero-order valence-electron chi connectivity index (χ0n) is 7.67. The van der Waals surface area contributed by atoms with Crippen molar-refractivity contribution >= 4 is 0 Å². The third kappa shape index (κ3) is 1.97. The first-order valence-electron chi connectivity index (χ1n) is 4.42. The smallest absolute Gasteiger partial charge is 0.108 e. The SMILES string of the molecule is OCc1cnn(Cc2ccccc2)n1. The second-order valence-corrected chi connectivity index (χ2v) is 3.01. The monoisotopic (exact) mass is 189 g/mol. The molecule has 4 nitrogen and oxygen atoms in total. The van der Waals surface area contributed by atoms with Crippen LogP contribution in [-0.2, 0) is 13.2 Å². The quantitative estimate of drug-likeness (QED) is 0.777. The number of nitrogens with zero attached hydrogens (tertiary/aromatic N) is 3. The van der Waals surface area contributed by atoms with Crippen molar-refractivity contribution < 1.29 is 5.11 Å². The molecule has 0 atom stereocenters. The summed E-state index contributed by atoms with van der Waals surface area (Å²) in [6, 6.07) is 9.96. The second kappa shape index (κ2) is 4.02. The molecule has 1 aromatic heterocycles. The molecular weight excluding hydrogens is 178 g/mol. The Kier molecular flexibility index (Phi) is 2.55. The molecule has 0 saturated carbocycles. The van der Waals surface area contributed by atoms with Crippen molar-refractivity contribution in [2.75, 3.05) is 0 Å². The third-order valence-electron chi connectivity index (χ3n) is 1.91. The first-order valence-corrected chi connectivity index (χ1v) is 4.42. The molecule has 0 amide bonds. The Balaban J connectivity index is 2.11. The molecular formula is C10H11N3O. The molecule has 1 heterocycles. The minimum absolute atomic E-state index is 0.0607. The third-order valence-corrected chi connectivity index (χ3v) is 1.91. The van der Waals surface area contributed by atoms with E-state index in [4.69, 9.17) is 5.11 Å². The molecule has 2 aromatic rings. The van der Waals surface area contributed by atoms with Gasteiger partial charge in [0.2, 0.25) is 0 Å². The van der Waals surface area contributed by atoms with Crippen LogP contribution in [0.25, 0.3) is 0 Å². The van der Waals surface area contributed by atoms with Gasteiger partial charge in [0.15, 0.2) is 0 Å². The lowest BCUT2D eigenvalue weighted by atomic mass is 10.2. The van der Waals surface area contributed by atoms with Crippen molar-refractivity contribution in [3.05, 3.63) is 47.8 Å². The zero-order chi connectivity index (χ0) is 9.80. The molecule has 0 saturated heterocycles. The van der Waals surface area contributed by atoms with E-state index in [2.05, 4.69) is 10.2 Å². The van der Waals surface area contributed by atoms with Crippen LogP contribution in [0, 0.1) is 0 Å². The first kappa shape index (κ1) is 8.90. The van der Waals surface area contributed by atoms with Gasteiger partial charge in [-0.3, -0.25) is 0 Å². The van der Waals surface area contributed by atoms with Crippen molar-refractivity contribution in [2.24, 2.45) is 0 Å². The van der Waals surface area contributed by atoms with E-state index in [1.165, 1.54) is 0 Å². The number of aromatic nitrogens is 3. The number of hydrogen-bond acceptors (Lipinski definition) is 3. The highest BCUT2D eigenvalue weighted by Gasteiger charge is 1.99. The van der Waals surface area contributed by atoms with Gasteiger partial charge in [0.05, 0.1) is 19.3 Å². The Morgan fingerprint density at radius 3 is 2.64 bits per heavy atom. The molecule has 0 unspecified atom stereocenters. The van der Waals surface area contributed by atoms with Crippen LogP contribution in [-0.4, -0.2) is 20.1 Å². The highest BCUT2D eigenvalue weighted by atomic mass is 16.3. The molecule has 4 heteroatoms. The average Bonchev–Trinajstić information content (AvgIpc) is 2.67. The maximum Gasteiger partial charge on any atom is 0.108 e. The van der Waals surface area contributed by atoms with Crippen molar-refractivity contribution in [3.63, 3.8) is 0 Å². The van der Waals surface area contributed by atoms with Crippen LogP contribution in [0.4, 0.5) is 0 Å². The molecule has 0 radical (unpaired) electrons. The maximum absolute atomic E-state index is 8.80. The van der Waals surface area contributed by atoms with Gasteiger partial charge in [0.25, 0.3) is 0 Å².